The van der Waals surface area contributed by atoms with Gasteiger partial charge in [0.2, 0.25) is 0 Å². The molecule has 1 aliphatic heterocycles. The molecule has 1 fully saturated rings. The highest BCUT2D eigenvalue weighted by Gasteiger charge is 2.37. The van der Waals surface area contributed by atoms with Crippen molar-refractivity contribution in [3.63, 3.8) is 0 Å². The maximum atomic E-state index is 13.2. The van der Waals surface area contributed by atoms with Gasteiger partial charge in [0, 0.05) is 0 Å². The van der Waals surface area contributed by atoms with E-state index in [1.54, 1.807) is 24.3 Å². The van der Waals surface area contributed by atoms with Gasteiger partial charge in [-0.1, -0.05) is 23.8 Å². The molecule has 10 nitrogen and oxygen atoms in total. The lowest BCUT2D eigenvalue weighted by atomic mass is 10.1. The highest BCUT2D eigenvalue weighted by molar-refractivity contribution is 7.87. The van der Waals surface area contributed by atoms with E-state index in [1.807, 2.05) is 13.8 Å². The predicted molar refractivity (Wildman–Crippen MR) is 139 cm³/mol. The van der Waals surface area contributed by atoms with Gasteiger partial charge in [0.25, 0.3) is 11.8 Å². The van der Waals surface area contributed by atoms with Crippen molar-refractivity contribution in [1.82, 2.24) is 5.32 Å². The summed E-state index contributed by atoms with van der Waals surface area (Å²) in [5.74, 6) is -1.17. The number of amides is 4. The number of hydrogen-bond acceptors (Lipinski definition) is 8. The van der Waals surface area contributed by atoms with E-state index in [-0.39, 0.29) is 27.7 Å². The number of rotatable bonds is 8. The number of imide groups is 2. The zero-order valence-electron chi connectivity index (χ0n) is 20.8. The van der Waals surface area contributed by atoms with Gasteiger partial charge < -0.3 is 13.7 Å². The number of nitrogens with zero attached hydrogens (tertiary/aromatic N) is 1. The number of carbonyl (C=O) groups excluding carboxylic acids is 3. The zero-order valence-corrected chi connectivity index (χ0v) is 21.6. The molecule has 4 amide bonds. The molecular weight excluding hydrogens is 512 g/mol. The maximum Gasteiger partial charge on any atom is 0.339 e. The summed E-state index contributed by atoms with van der Waals surface area (Å²) in [5, 5.41) is 2.15. The van der Waals surface area contributed by atoms with Crippen LogP contribution in [0.25, 0.3) is 6.08 Å². The molecular formula is C27H24N2O8S. The van der Waals surface area contributed by atoms with E-state index in [9.17, 15) is 22.8 Å². The van der Waals surface area contributed by atoms with Gasteiger partial charge in [0.1, 0.15) is 16.2 Å². The summed E-state index contributed by atoms with van der Waals surface area (Å²) in [4.78, 5) is 39.0. The van der Waals surface area contributed by atoms with E-state index in [4.69, 9.17) is 13.7 Å². The van der Waals surface area contributed by atoms with Crippen LogP contribution in [0.2, 0.25) is 0 Å². The zero-order chi connectivity index (χ0) is 27.4. The molecule has 0 bridgehead atoms. The number of nitrogens with one attached hydrogen (secondary N) is 1. The van der Waals surface area contributed by atoms with Gasteiger partial charge in [-0.25, -0.2) is 9.69 Å². The van der Waals surface area contributed by atoms with Crippen LogP contribution in [0.4, 0.5) is 10.5 Å². The summed E-state index contributed by atoms with van der Waals surface area (Å²) < 4.78 is 41.3. The Labute approximate surface area is 219 Å². The molecule has 0 saturated carbocycles. The predicted octanol–water partition coefficient (Wildman–Crippen LogP) is 3.84. The lowest BCUT2D eigenvalue weighted by Gasteiger charge is -2.26. The average molecular weight is 537 g/mol. The fourth-order valence-corrected chi connectivity index (χ4v) is 4.57. The van der Waals surface area contributed by atoms with Crippen LogP contribution in [-0.2, 0) is 19.7 Å². The van der Waals surface area contributed by atoms with Crippen LogP contribution < -0.4 is 23.9 Å². The summed E-state index contributed by atoms with van der Waals surface area (Å²) in [6.45, 7) is 4.11. The van der Waals surface area contributed by atoms with Crippen molar-refractivity contribution in [2.24, 2.45) is 0 Å². The minimum absolute atomic E-state index is 0.0279. The first-order chi connectivity index (χ1) is 18.1. The molecule has 196 valence electrons. The Balaban J connectivity index is 1.62. The van der Waals surface area contributed by atoms with E-state index in [0.717, 1.165) is 10.5 Å². The Morgan fingerprint density at radius 2 is 1.61 bits per heavy atom. The first kappa shape index (κ1) is 26.4. The van der Waals surface area contributed by atoms with Crippen LogP contribution in [0.5, 0.6) is 17.2 Å². The average Bonchev–Trinajstić information content (AvgIpc) is 2.88. The number of carbonyl (C=O) groups is 3. The lowest BCUT2D eigenvalue weighted by Crippen LogP contribution is -2.54. The monoisotopic (exact) mass is 536 g/mol. The molecule has 1 heterocycles. The van der Waals surface area contributed by atoms with Gasteiger partial charge in [-0.05, 0) is 74.0 Å². The highest BCUT2D eigenvalue weighted by Crippen LogP contribution is 2.32. The second kappa shape index (κ2) is 10.8. The Bertz CT molecular complexity index is 1530. The van der Waals surface area contributed by atoms with Crippen molar-refractivity contribution in [3.05, 3.63) is 83.4 Å². The number of benzene rings is 3. The van der Waals surface area contributed by atoms with E-state index in [2.05, 4.69) is 5.32 Å². The van der Waals surface area contributed by atoms with Gasteiger partial charge in [-0.15, -0.1) is 0 Å². The number of hydrogen-bond donors (Lipinski definition) is 1. The molecule has 0 atom stereocenters. The molecule has 4 rings (SSSR count). The van der Waals surface area contributed by atoms with Gasteiger partial charge >= 0.3 is 16.1 Å². The third-order valence-electron chi connectivity index (χ3n) is 5.52. The standard InChI is InChI=1S/C27H24N2O8S/c1-4-36-20-10-8-19(9-11-20)29-26(31)22(25(30)28-27(29)32)15-18-7-14-23(24(16-18)35-3)37-38(33,34)21-12-5-17(2)6-13-21/h5-16H,4H2,1-3H3,(H,28,30,32)/b22-15+. The molecule has 3 aromatic rings. The molecule has 0 aliphatic carbocycles. The summed E-state index contributed by atoms with van der Waals surface area (Å²) in [6.07, 6.45) is 1.27. The van der Waals surface area contributed by atoms with Crippen LogP contribution in [0.1, 0.15) is 18.1 Å². The van der Waals surface area contributed by atoms with E-state index in [1.165, 1.54) is 55.7 Å². The fourth-order valence-electron chi connectivity index (χ4n) is 3.63. The molecule has 1 aliphatic rings. The van der Waals surface area contributed by atoms with Crippen LogP contribution in [0.15, 0.2) is 77.2 Å². The van der Waals surface area contributed by atoms with E-state index >= 15 is 0 Å². The molecule has 0 aromatic heterocycles. The Morgan fingerprint density at radius 3 is 2.24 bits per heavy atom. The molecule has 0 radical (unpaired) electrons. The van der Waals surface area contributed by atoms with Crippen LogP contribution in [0.3, 0.4) is 0 Å². The Morgan fingerprint density at radius 1 is 0.921 bits per heavy atom. The molecule has 3 aromatic carbocycles. The van der Waals surface area contributed by atoms with Gasteiger partial charge in [-0.2, -0.15) is 8.42 Å². The largest absolute Gasteiger partial charge is 0.494 e. The summed E-state index contributed by atoms with van der Waals surface area (Å²) in [6, 6.07) is 15.7. The van der Waals surface area contributed by atoms with Crippen LogP contribution in [-0.4, -0.2) is 40.0 Å². The third kappa shape index (κ3) is 5.52. The van der Waals surface area contributed by atoms with E-state index < -0.39 is 28.0 Å². The first-order valence-electron chi connectivity index (χ1n) is 11.5. The third-order valence-corrected chi connectivity index (χ3v) is 6.76. The smallest absolute Gasteiger partial charge is 0.339 e. The number of urea groups is 1. The van der Waals surface area contributed by atoms with E-state index in [0.29, 0.717) is 17.9 Å². The second-order valence-electron chi connectivity index (χ2n) is 8.15. The molecule has 0 spiro atoms. The minimum atomic E-state index is -4.14. The number of methoxy groups -OCH3 is 1. The van der Waals surface area contributed by atoms with Crippen LogP contribution in [0, 0.1) is 6.92 Å². The van der Waals surface area contributed by atoms with Crippen LogP contribution >= 0.6 is 0 Å². The van der Waals surface area contributed by atoms with Gasteiger partial charge in [0.15, 0.2) is 11.5 Å². The topological polar surface area (TPSA) is 128 Å². The minimum Gasteiger partial charge on any atom is -0.494 e. The number of anilines is 1. The quantitative estimate of drug-likeness (QED) is 0.261. The van der Waals surface area contributed by atoms with Crippen molar-refractivity contribution in [2.75, 3.05) is 18.6 Å². The van der Waals surface area contributed by atoms with Crippen molar-refractivity contribution < 1.29 is 36.5 Å². The number of aryl methyl sites for hydroxylation is 1. The molecule has 1 saturated heterocycles. The van der Waals surface area contributed by atoms with Crippen molar-refractivity contribution in [1.29, 1.82) is 0 Å². The summed E-state index contributed by atoms with van der Waals surface area (Å²) in [5.41, 5.74) is 1.17. The maximum absolute atomic E-state index is 13.2. The highest BCUT2D eigenvalue weighted by atomic mass is 32.2. The molecule has 1 N–H and O–H groups in total. The SMILES string of the molecule is CCOc1ccc(N2C(=O)NC(=O)/C(=C\c3ccc(OS(=O)(=O)c4ccc(C)cc4)c(OC)c3)C2=O)cc1. The Kier molecular flexibility index (Phi) is 7.49. The Hall–Kier alpha value is -4.64. The number of barbiturate groups is 1. The molecule has 11 heteroatoms. The summed E-state index contributed by atoms with van der Waals surface area (Å²) >= 11 is 0. The van der Waals surface area contributed by atoms with Gasteiger partial charge in [-0.3, -0.25) is 14.9 Å². The second-order valence-corrected chi connectivity index (χ2v) is 9.69. The summed E-state index contributed by atoms with van der Waals surface area (Å²) in [7, 11) is -2.82. The molecule has 38 heavy (non-hydrogen) atoms. The lowest BCUT2D eigenvalue weighted by molar-refractivity contribution is -0.122. The number of ether oxygens (including phenoxy) is 2. The molecule has 0 unspecified atom stereocenters. The van der Waals surface area contributed by atoms with Crippen molar-refractivity contribution in [2.45, 2.75) is 18.7 Å². The van der Waals surface area contributed by atoms with Crippen molar-refractivity contribution >= 4 is 39.7 Å². The van der Waals surface area contributed by atoms with Gasteiger partial charge in [0.05, 0.1) is 19.4 Å². The normalized spacial score (nSPS) is 14.9. The fraction of sp³-hybridized carbons (Fsp3) is 0.148. The van der Waals surface area contributed by atoms with Crippen molar-refractivity contribution in [3.8, 4) is 17.2 Å². The first-order valence-corrected chi connectivity index (χ1v) is 12.9.